The van der Waals surface area contributed by atoms with Crippen molar-refractivity contribution in [1.82, 2.24) is 0 Å². The molecular formula is C15H15NO3. The van der Waals surface area contributed by atoms with Crippen LogP contribution in [-0.2, 0) is 4.79 Å². The van der Waals surface area contributed by atoms with Crippen LogP contribution in [0.1, 0.15) is 11.6 Å². The summed E-state index contributed by atoms with van der Waals surface area (Å²) in [5, 5.41) is 8.96. The maximum atomic E-state index is 10.9. The lowest BCUT2D eigenvalue weighted by Gasteiger charge is -2.13. The molecule has 0 fully saturated rings. The molecule has 1 unspecified atom stereocenters. The van der Waals surface area contributed by atoms with Crippen LogP contribution in [0.3, 0.4) is 0 Å². The van der Waals surface area contributed by atoms with Crippen LogP contribution in [0.2, 0.25) is 0 Å². The number of rotatable bonds is 4. The van der Waals surface area contributed by atoms with E-state index in [0.29, 0.717) is 11.3 Å². The van der Waals surface area contributed by atoms with Crippen molar-refractivity contribution in [1.29, 1.82) is 0 Å². The van der Waals surface area contributed by atoms with Gasteiger partial charge in [0.05, 0.1) is 7.11 Å². The Balaban J connectivity index is 2.45. The van der Waals surface area contributed by atoms with Crippen LogP contribution in [0, 0.1) is 0 Å². The molecule has 0 radical (unpaired) electrons. The van der Waals surface area contributed by atoms with Gasteiger partial charge < -0.3 is 15.6 Å². The largest absolute Gasteiger partial charge is 0.496 e. The third kappa shape index (κ3) is 2.74. The number of benzene rings is 2. The Labute approximate surface area is 111 Å². The second-order valence-electron chi connectivity index (χ2n) is 4.14. The summed E-state index contributed by atoms with van der Waals surface area (Å²) in [6, 6.07) is 14.0. The maximum absolute atomic E-state index is 10.9. The molecule has 0 saturated heterocycles. The van der Waals surface area contributed by atoms with Gasteiger partial charge in [-0.2, -0.15) is 0 Å². The van der Waals surface area contributed by atoms with E-state index in [1.165, 1.54) is 7.11 Å². The summed E-state index contributed by atoms with van der Waals surface area (Å²) in [6.45, 7) is 0. The molecule has 0 aromatic heterocycles. The molecule has 0 aliphatic carbocycles. The Morgan fingerprint density at radius 2 is 1.84 bits per heavy atom. The van der Waals surface area contributed by atoms with Gasteiger partial charge in [0.2, 0.25) is 0 Å². The molecule has 2 rings (SSSR count). The molecule has 0 bridgehead atoms. The third-order valence-electron chi connectivity index (χ3n) is 2.94. The fraction of sp³-hybridized carbons (Fsp3) is 0.133. The number of aliphatic carboxylic acids is 1. The maximum Gasteiger partial charge on any atom is 0.325 e. The highest BCUT2D eigenvalue weighted by molar-refractivity contribution is 5.77. The zero-order valence-corrected chi connectivity index (χ0v) is 10.5. The molecule has 0 amide bonds. The van der Waals surface area contributed by atoms with Gasteiger partial charge in [0.25, 0.3) is 0 Å². The van der Waals surface area contributed by atoms with Crippen molar-refractivity contribution in [3.05, 3.63) is 54.1 Å². The van der Waals surface area contributed by atoms with Crippen molar-refractivity contribution in [2.24, 2.45) is 5.73 Å². The highest BCUT2D eigenvalue weighted by Crippen LogP contribution is 2.30. The zero-order chi connectivity index (χ0) is 13.8. The zero-order valence-electron chi connectivity index (χ0n) is 10.5. The molecule has 4 heteroatoms. The first-order valence-corrected chi connectivity index (χ1v) is 5.85. The lowest BCUT2D eigenvalue weighted by Crippen LogP contribution is -2.21. The van der Waals surface area contributed by atoms with Crippen molar-refractivity contribution in [3.63, 3.8) is 0 Å². The predicted octanol–water partition coefficient (Wildman–Crippen LogP) is 2.45. The van der Waals surface area contributed by atoms with Gasteiger partial charge in [0.15, 0.2) is 0 Å². The Kier molecular flexibility index (Phi) is 3.82. The lowest BCUT2D eigenvalue weighted by atomic mass is 10.00. The fourth-order valence-electron chi connectivity index (χ4n) is 1.91. The van der Waals surface area contributed by atoms with Crippen LogP contribution in [0.4, 0.5) is 0 Å². The Hall–Kier alpha value is -2.33. The SMILES string of the molecule is COc1cc(-c2ccccc2)ccc1C(N)C(=O)O. The van der Waals surface area contributed by atoms with E-state index in [9.17, 15) is 4.79 Å². The Morgan fingerprint density at radius 3 is 2.42 bits per heavy atom. The number of hydrogen-bond acceptors (Lipinski definition) is 3. The summed E-state index contributed by atoms with van der Waals surface area (Å²) < 4.78 is 5.24. The molecule has 0 aliphatic rings. The van der Waals surface area contributed by atoms with E-state index >= 15 is 0 Å². The quantitative estimate of drug-likeness (QED) is 0.882. The smallest absolute Gasteiger partial charge is 0.325 e. The van der Waals surface area contributed by atoms with Crippen LogP contribution < -0.4 is 10.5 Å². The van der Waals surface area contributed by atoms with Crippen molar-refractivity contribution >= 4 is 5.97 Å². The van der Waals surface area contributed by atoms with Crippen LogP contribution in [-0.4, -0.2) is 18.2 Å². The monoisotopic (exact) mass is 257 g/mol. The van der Waals surface area contributed by atoms with Crippen molar-refractivity contribution < 1.29 is 14.6 Å². The minimum Gasteiger partial charge on any atom is -0.496 e. The van der Waals surface area contributed by atoms with E-state index in [0.717, 1.165) is 11.1 Å². The topological polar surface area (TPSA) is 72.5 Å². The van der Waals surface area contributed by atoms with Crippen LogP contribution in [0.25, 0.3) is 11.1 Å². The number of methoxy groups -OCH3 is 1. The summed E-state index contributed by atoms with van der Waals surface area (Å²) in [5.74, 6) is -0.595. The normalized spacial score (nSPS) is 11.9. The number of hydrogen-bond donors (Lipinski definition) is 2. The average Bonchev–Trinajstić information content (AvgIpc) is 2.46. The van der Waals surface area contributed by atoms with Crippen molar-refractivity contribution in [2.45, 2.75) is 6.04 Å². The van der Waals surface area contributed by atoms with Gasteiger partial charge in [-0.25, -0.2) is 0 Å². The first-order chi connectivity index (χ1) is 9.13. The molecule has 0 heterocycles. The van der Waals surface area contributed by atoms with E-state index in [-0.39, 0.29) is 0 Å². The van der Waals surface area contributed by atoms with Gasteiger partial charge in [0, 0.05) is 5.56 Å². The second kappa shape index (κ2) is 5.54. The molecule has 2 aromatic rings. The molecule has 2 aromatic carbocycles. The van der Waals surface area contributed by atoms with Crippen LogP contribution in [0.15, 0.2) is 48.5 Å². The predicted molar refractivity (Wildman–Crippen MR) is 73.0 cm³/mol. The van der Waals surface area contributed by atoms with Gasteiger partial charge in [0.1, 0.15) is 11.8 Å². The van der Waals surface area contributed by atoms with Gasteiger partial charge in [-0.05, 0) is 17.2 Å². The third-order valence-corrected chi connectivity index (χ3v) is 2.94. The summed E-state index contributed by atoms with van der Waals surface area (Å²) >= 11 is 0. The second-order valence-corrected chi connectivity index (χ2v) is 4.14. The van der Waals surface area contributed by atoms with Crippen molar-refractivity contribution in [2.75, 3.05) is 7.11 Å². The molecule has 0 aliphatic heterocycles. The molecule has 0 spiro atoms. The van der Waals surface area contributed by atoms with Gasteiger partial charge >= 0.3 is 5.97 Å². The number of carbonyl (C=O) groups is 1. The van der Waals surface area contributed by atoms with Crippen LogP contribution >= 0.6 is 0 Å². The molecule has 98 valence electrons. The first-order valence-electron chi connectivity index (χ1n) is 5.85. The lowest BCUT2D eigenvalue weighted by molar-refractivity contribution is -0.138. The highest BCUT2D eigenvalue weighted by atomic mass is 16.5. The average molecular weight is 257 g/mol. The first kappa shape index (κ1) is 13.1. The van der Waals surface area contributed by atoms with Crippen molar-refractivity contribution in [3.8, 4) is 16.9 Å². The summed E-state index contributed by atoms with van der Waals surface area (Å²) in [5.41, 5.74) is 8.09. The molecule has 4 nitrogen and oxygen atoms in total. The van der Waals surface area contributed by atoms with Crippen LogP contribution in [0.5, 0.6) is 5.75 Å². The number of nitrogens with two attached hydrogens (primary N) is 1. The minimum absolute atomic E-state index is 0.467. The molecule has 1 atom stereocenters. The molecule has 0 saturated carbocycles. The molecular weight excluding hydrogens is 242 g/mol. The van der Waals surface area contributed by atoms with E-state index in [4.69, 9.17) is 15.6 Å². The van der Waals surface area contributed by atoms with E-state index < -0.39 is 12.0 Å². The molecule has 19 heavy (non-hydrogen) atoms. The van der Waals surface area contributed by atoms with Gasteiger partial charge in [-0.15, -0.1) is 0 Å². The summed E-state index contributed by atoms with van der Waals surface area (Å²) in [7, 11) is 1.50. The summed E-state index contributed by atoms with van der Waals surface area (Å²) in [6.07, 6.45) is 0. The van der Waals surface area contributed by atoms with E-state index in [1.807, 2.05) is 36.4 Å². The number of ether oxygens (including phenoxy) is 1. The van der Waals surface area contributed by atoms with Gasteiger partial charge in [-0.1, -0.05) is 42.5 Å². The minimum atomic E-state index is -1.08. The van der Waals surface area contributed by atoms with Gasteiger partial charge in [-0.3, -0.25) is 4.79 Å². The standard InChI is InChI=1S/C15H15NO3/c1-19-13-9-11(10-5-3-2-4-6-10)7-8-12(13)14(16)15(17)18/h2-9,14H,16H2,1H3,(H,17,18). The summed E-state index contributed by atoms with van der Waals surface area (Å²) in [4.78, 5) is 10.9. The van der Waals surface area contributed by atoms with E-state index in [2.05, 4.69) is 0 Å². The Bertz CT molecular complexity index is 581. The highest BCUT2D eigenvalue weighted by Gasteiger charge is 2.19. The number of carboxylic acid groups (broad SMARTS) is 1. The molecule has 3 N–H and O–H groups in total. The fourth-order valence-corrected chi connectivity index (χ4v) is 1.91. The van der Waals surface area contributed by atoms with E-state index in [1.54, 1.807) is 12.1 Å². The number of carboxylic acids is 1. The Morgan fingerprint density at radius 1 is 1.16 bits per heavy atom.